The van der Waals surface area contributed by atoms with E-state index in [9.17, 15) is 9.59 Å². The van der Waals surface area contributed by atoms with Gasteiger partial charge in [0.15, 0.2) is 0 Å². The Morgan fingerprint density at radius 3 is 2.44 bits per heavy atom. The largest absolute Gasteiger partial charge is 0.492 e. The molecular weight excluding hydrogens is 318 g/mol. The van der Waals surface area contributed by atoms with Crippen LogP contribution >= 0.6 is 0 Å². The van der Waals surface area contributed by atoms with E-state index in [0.29, 0.717) is 18.8 Å². The summed E-state index contributed by atoms with van der Waals surface area (Å²) in [6.07, 6.45) is 0. The molecule has 2 N–H and O–H groups in total. The number of nitrogens with one attached hydrogen (secondary N) is 2. The SMILES string of the molecule is Cc1ccccc1OCCN(C)CC(=O)NC(=O)Nc1ccccc1. The van der Waals surface area contributed by atoms with Gasteiger partial charge in [0.25, 0.3) is 0 Å². The average molecular weight is 341 g/mol. The highest BCUT2D eigenvalue weighted by molar-refractivity contribution is 6.01. The molecule has 0 saturated carbocycles. The number of likely N-dealkylation sites (N-methyl/N-ethyl adjacent to an activating group) is 1. The van der Waals surface area contributed by atoms with Gasteiger partial charge in [-0.05, 0) is 37.7 Å². The Morgan fingerprint density at radius 2 is 1.72 bits per heavy atom. The number of amides is 3. The van der Waals surface area contributed by atoms with E-state index < -0.39 is 6.03 Å². The first-order valence-corrected chi connectivity index (χ1v) is 8.07. The van der Waals surface area contributed by atoms with Crippen molar-refractivity contribution in [3.8, 4) is 5.75 Å². The van der Waals surface area contributed by atoms with Crippen LogP contribution in [-0.4, -0.2) is 43.6 Å². The van der Waals surface area contributed by atoms with E-state index in [1.165, 1.54) is 0 Å². The quantitative estimate of drug-likeness (QED) is 0.812. The molecule has 0 aliphatic carbocycles. The summed E-state index contributed by atoms with van der Waals surface area (Å²) in [4.78, 5) is 25.4. The zero-order valence-corrected chi connectivity index (χ0v) is 14.5. The molecule has 6 heteroatoms. The van der Waals surface area contributed by atoms with Gasteiger partial charge in [-0.25, -0.2) is 4.79 Å². The number of imide groups is 1. The second-order valence-electron chi connectivity index (χ2n) is 5.72. The second kappa shape index (κ2) is 9.44. The highest BCUT2D eigenvalue weighted by Gasteiger charge is 2.11. The summed E-state index contributed by atoms with van der Waals surface area (Å²) in [5, 5.41) is 4.91. The van der Waals surface area contributed by atoms with Crippen LogP contribution in [0.1, 0.15) is 5.56 Å². The molecule has 0 fully saturated rings. The van der Waals surface area contributed by atoms with Gasteiger partial charge in [-0.15, -0.1) is 0 Å². The molecule has 2 aromatic rings. The molecule has 2 rings (SSSR count). The molecule has 6 nitrogen and oxygen atoms in total. The van der Waals surface area contributed by atoms with Gasteiger partial charge in [0.1, 0.15) is 12.4 Å². The van der Waals surface area contributed by atoms with Crippen LogP contribution in [0.25, 0.3) is 0 Å². The van der Waals surface area contributed by atoms with Crippen molar-refractivity contribution >= 4 is 17.6 Å². The highest BCUT2D eigenvalue weighted by atomic mass is 16.5. The van der Waals surface area contributed by atoms with E-state index >= 15 is 0 Å². The van der Waals surface area contributed by atoms with E-state index in [1.54, 1.807) is 36.2 Å². The molecular formula is C19H23N3O3. The van der Waals surface area contributed by atoms with Gasteiger partial charge < -0.3 is 10.1 Å². The maximum absolute atomic E-state index is 11.9. The van der Waals surface area contributed by atoms with E-state index in [1.807, 2.05) is 37.3 Å². The van der Waals surface area contributed by atoms with Gasteiger partial charge in [0.05, 0.1) is 6.54 Å². The predicted molar refractivity (Wildman–Crippen MR) is 97.8 cm³/mol. The minimum absolute atomic E-state index is 0.110. The predicted octanol–water partition coefficient (Wildman–Crippen LogP) is 2.65. The molecule has 0 radical (unpaired) electrons. The normalized spacial score (nSPS) is 10.4. The molecule has 0 spiro atoms. The van der Waals surface area contributed by atoms with Crippen LogP contribution in [0.4, 0.5) is 10.5 Å². The fourth-order valence-corrected chi connectivity index (χ4v) is 2.20. The number of benzene rings is 2. The lowest BCUT2D eigenvalue weighted by Crippen LogP contribution is -2.41. The molecule has 0 atom stereocenters. The fraction of sp³-hybridized carbons (Fsp3) is 0.263. The Morgan fingerprint density at radius 1 is 1.04 bits per heavy atom. The summed E-state index contributed by atoms with van der Waals surface area (Å²) >= 11 is 0. The molecule has 2 aromatic carbocycles. The van der Waals surface area contributed by atoms with Crippen LogP contribution in [0.15, 0.2) is 54.6 Å². The zero-order valence-electron chi connectivity index (χ0n) is 14.5. The smallest absolute Gasteiger partial charge is 0.325 e. The number of ether oxygens (including phenoxy) is 1. The first-order chi connectivity index (χ1) is 12.0. The molecule has 25 heavy (non-hydrogen) atoms. The van der Waals surface area contributed by atoms with E-state index in [-0.39, 0.29) is 12.5 Å². The van der Waals surface area contributed by atoms with Crippen LogP contribution in [0.2, 0.25) is 0 Å². The number of carbonyl (C=O) groups excluding carboxylic acids is 2. The second-order valence-corrected chi connectivity index (χ2v) is 5.72. The highest BCUT2D eigenvalue weighted by Crippen LogP contribution is 2.15. The van der Waals surface area contributed by atoms with Crippen LogP contribution in [0.5, 0.6) is 5.75 Å². The summed E-state index contributed by atoms with van der Waals surface area (Å²) in [7, 11) is 1.80. The summed E-state index contributed by atoms with van der Waals surface area (Å²) < 4.78 is 5.70. The van der Waals surface area contributed by atoms with Crippen molar-refractivity contribution in [2.24, 2.45) is 0 Å². The first-order valence-electron chi connectivity index (χ1n) is 8.07. The molecule has 0 aliphatic rings. The number of rotatable bonds is 7. The number of aryl methyl sites for hydroxylation is 1. The summed E-state index contributed by atoms with van der Waals surface area (Å²) in [6.45, 7) is 3.13. The van der Waals surface area contributed by atoms with Gasteiger partial charge in [-0.1, -0.05) is 36.4 Å². The van der Waals surface area contributed by atoms with Gasteiger partial charge in [-0.3, -0.25) is 15.0 Å². The van der Waals surface area contributed by atoms with Crippen molar-refractivity contribution in [3.05, 3.63) is 60.2 Å². The number of anilines is 1. The fourth-order valence-electron chi connectivity index (χ4n) is 2.20. The Balaban J connectivity index is 1.67. The van der Waals surface area contributed by atoms with Gasteiger partial charge in [0.2, 0.25) is 5.91 Å². The number of nitrogens with zero attached hydrogens (tertiary/aromatic N) is 1. The molecule has 132 valence electrons. The van der Waals surface area contributed by atoms with Gasteiger partial charge in [-0.2, -0.15) is 0 Å². The third-order valence-corrected chi connectivity index (χ3v) is 3.52. The minimum atomic E-state index is -0.541. The van der Waals surface area contributed by atoms with Crippen molar-refractivity contribution in [1.29, 1.82) is 0 Å². The van der Waals surface area contributed by atoms with E-state index in [0.717, 1.165) is 11.3 Å². The number of hydrogen-bond donors (Lipinski definition) is 2. The van der Waals surface area contributed by atoms with Gasteiger partial charge >= 0.3 is 6.03 Å². The van der Waals surface area contributed by atoms with Crippen molar-refractivity contribution < 1.29 is 14.3 Å². The Hall–Kier alpha value is -2.86. The number of para-hydroxylation sites is 2. The van der Waals surface area contributed by atoms with Crippen molar-refractivity contribution in [1.82, 2.24) is 10.2 Å². The average Bonchev–Trinajstić information content (AvgIpc) is 2.57. The van der Waals surface area contributed by atoms with Crippen molar-refractivity contribution in [2.45, 2.75) is 6.92 Å². The molecule has 0 heterocycles. The van der Waals surface area contributed by atoms with Crippen LogP contribution < -0.4 is 15.4 Å². The van der Waals surface area contributed by atoms with Crippen molar-refractivity contribution in [2.75, 3.05) is 32.1 Å². The zero-order chi connectivity index (χ0) is 18.1. The van der Waals surface area contributed by atoms with Crippen molar-refractivity contribution in [3.63, 3.8) is 0 Å². The monoisotopic (exact) mass is 341 g/mol. The lowest BCUT2D eigenvalue weighted by molar-refractivity contribution is -0.120. The van der Waals surface area contributed by atoms with E-state index in [2.05, 4.69) is 10.6 Å². The molecule has 0 aliphatic heterocycles. The Bertz CT molecular complexity index is 704. The Kier molecular flexibility index (Phi) is 6.98. The number of carbonyl (C=O) groups is 2. The lowest BCUT2D eigenvalue weighted by atomic mass is 10.2. The number of hydrogen-bond acceptors (Lipinski definition) is 4. The Labute approximate surface area is 147 Å². The summed E-state index contributed by atoms with van der Waals surface area (Å²) in [6, 6.07) is 16.2. The minimum Gasteiger partial charge on any atom is -0.492 e. The third kappa shape index (κ3) is 6.64. The molecule has 0 aromatic heterocycles. The molecule has 0 bridgehead atoms. The molecule has 0 unspecified atom stereocenters. The lowest BCUT2D eigenvalue weighted by Gasteiger charge is -2.17. The standard InChI is InChI=1S/C19H23N3O3/c1-15-8-6-7-11-17(15)25-13-12-22(2)14-18(23)21-19(24)20-16-9-4-3-5-10-16/h3-11H,12-14H2,1-2H3,(H2,20,21,23,24). The maximum Gasteiger partial charge on any atom is 0.325 e. The van der Waals surface area contributed by atoms with E-state index in [4.69, 9.17) is 4.74 Å². The van der Waals surface area contributed by atoms with Gasteiger partial charge in [0, 0.05) is 12.2 Å². The maximum atomic E-state index is 11.9. The van der Waals surface area contributed by atoms with Crippen LogP contribution in [-0.2, 0) is 4.79 Å². The summed E-state index contributed by atoms with van der Waals surface area (Å²) in [5.41, 5.74) is 1.70. The third-order valence-electron chi connectivity index (χ3n) is 3.52. The molecule has 3 amide bonds. The van der Waals surface area contributed by atoms with Crippen LogP contribution in [0, 0.1) is 6.92 Å². The molecule has 0 saturated heterocycles. The topological polar surface area (TPSA) is 70.7 Å². The van der Waals surface area contributed by atoms with Crippen LogP contribution in [0.3, 0.4) is 0 Å². The number of urea groups is 1. The first kappa shape index (κ1) is 18.5. The summed E-state index contributed by atoms with van der Waals surface area (Å²) in [5.74, 6) is 0.467.